The molecule has 3 aromatic rings. The third-order valence-electron chi connectivity index (χ3n) is 5.63. The van der Waals surface area contributed by atoms with Gasteiger partial charge < -0.3 is 54.0 Å². The number of hydrogen-bond acceptors (Lipinski definition) is 12. The summed E-state index contributed by atoms with van der Waals surface area (Å²) in [4.78, 5) is 12.7. The van der Waals surface area contributed by atoms with Crippen LogP contribution in [0.1, 0.15) is 0 Å². The van der Waals surface area contributed by atoms with Crippen LogP contribution in [0.2, 0.25) is 0 Å². The number of fused-ring (bicyclic) bond motifs is 1. The number of phenols is 2. The van der Waals surface area contributed by atoms with E-state index >= 15 is 0 Å². The predicted molar refractivity (Wildman–Crippen MR) is 119 cm³/mol. The van der Waals surface area contributed by atoms with Gasteiger partial charge in [0.1, 0.15) is 52.6 Å². The number of phenolic OH excluding ortho intramolecular Hbond substituents is 2. The molecule has 5 atom stereocenters. The molecule has 0 aliphatic carbocycles. The van der Waals surface area contributed by atoms with Gasteiger partial charge in [0.25, 0.3) is 0 Å². The molecule has 4 rings (SSSR count). The molecule has 0 radical (unpaired) electrons. The number of hydrogen-bond donors (Lipinski definition) is 6. The monoisotopic (exact) mass is 492 g/mol. The Hall–Kier alpha value is -3.55. The third-order valence-corrected chi connectivity index (χ3v) is 5.63. The molecule has 0 unspecified atom stereocenters. The normalized spacial score (nSPS) is 24.3. The van der Waals surface area contributed by atoms with Gasteiger partial charge in [-0.15, -0.1) is 0 Å². The molecular formula is C23H24O12. The number of ether oxygens (including phenoxy) is 4. The van der Waals surface area contributed by atoms with Gasteiger partial charge in [0, 0.05) is 23.8 Å². The molecule has 1 fully saturated rings. The molecule has 0 bridgehead atoms. The summed E-state index contributed by atoms with van der Waals surface area (Å²) in [5.74, 6) is -0.539. The highest BCUT2D eigenvalue weighted by molar-refractivity contribution is 5.86. The molecule has 1 aromatic heterocycles. The van der Waals surface area contributed by atoms with Crippen molar-refractivity contribution in [2.45, 2.75) is 30.7 Å². The van der Waals surface area contributed by atoms with Gasteiger partial charge in [-0.05, 0) is 12.1 Å². The second-order valence-electron chi connectivity index (χ2n) is 7.84. The van der Waals surface area contributed by atoms with E-state index in [0.717, 1.165) is 12.1 Å². The van der Waals surface area contributed by atoms with Gasteiger partial charge in [0.2, 0.25) is 12.0 Å². The fraction of sp³-hybridized carbons (Fsp3) is 0.348. The zero-order chi connectivity index (χ0) is 25.4. The highest BCUT2D eigenvalue weighted by atomic mass is 16.7. The van der Waals surface area contributed by atoms with Crippen LogP contribution in [0.25, 0.3) is 22.3 Å². The Morgan fingerprint density at radius 2 is 1.66 bits per heavy atom. The first kappa shape index (κ1) is 24.6. The maximum atomic E-state index is 12.7. The number of aromatic hydroxyl groups is 2. The van der Waals surface area contributed by atoms with Crippen molar-refractivity contribution in [3.63, 3.8) is 0 Å². The van der Waals surface area contributed by atoms with Gasteiger partial charge >= 0.3 is 0 Å². The van der Waals surface area contributed by atoms with E-state index in [9.17, 15) is 35.4 Å². The van der Waals surface area contributed by atoms with Gasteiger partial charge in [-0.2, -0.15) is 0 Å². The number of methoxy groups -OCH3 is 2. The van der Waals surface area contributed by atoms with Crippen LogP contribution < -0.4 is 19.6 Å². The fourth-order valence-corrected chi connectivity index (χ4v) is 3.84. The van der Waals surface area contributed by atoms with Crippen LogP contribution in [-0.2, 0) is 4.74 Å². The number of benzene rings is 2. The van der Waals surface area contributed by atoms with Crippen molar-refractivity contribution in [3.05, 3.63) is 40.6 Å². The summed E-state index contributed by atoms with van der Waals surface area (Å²) in [7, 11) is 2.73. The maximum absolute atomic E-state index is 12.7. The summed E-state index contributed by atoms with van der Waals surface area (Å²) in [6, 6.07) is 6.25. The van der Waals surface area contributed by atoms with Gasteiger partial charge in [-0.1, -0.05) is 0 Å². The summed E-state index contributed by atoms with van der Waals surface area (Å²) in [6.07, 6.45) is -7.63. The summed E-state index contributed by atoms with van der Waals surface area (Å²) in [5.41, 5.74) is -0.410. The van der Waals surface area contributed by atoms with Gasteiger partial charge in [-0.25, -0.2) is 0 Å². The van der Waals surface area contributed by atoms with E-state index in [1.165, 1.54) is 32.4 Å². The molecule has 35 heavy (non-hydrogen) atoms. The Morgan fingerprint density at radius 1 is 0.914 bits per heavy atom. The highest BCUT2D eigenvalue weighted by Crippen LogP contribution is 2.41. The SMILES string of the molecule is COc1cc(-c2cc(=O)c3c(O)cc(O[C@@H]4O[C@H](CO)[C@@H](O)[C@@H](O)[C@H]4O)cc3o2)cc(O)c1OC. The van der Waals surface area contributed by atoms with Crippen molar-refractivity contribution >= 4 is 11.0 Å². The molecule has 1 saturated heterocycles. The molecule has 12 nitrogen and oxygen atoms in total. The lowest BCUT2D eigenvalue weighted by Gasteiger charge is -2.39. The van der Waals surface area contributed by atoms with Crippen LogP contribution in [-0.4, -0.2) is 82.2 Å². The average Bonchev–Trinajstić information content (AvgIpc) is 2.83. The standard InChI is InChI=1S/C23H24O12/c1-31-16-4-9(3-13(27)22(16)32-2)14-7-12(26)18-11(25)5-10(6-15(18)34-14)33-23-21(30)20(29)19(28)17(8-24)35-23/h3-7,17,19-21,23-25,27-30H,8H2,1-2H3/t17-,19-,20-,21-,23-/m1/s1. The van der Waals surface area contributed by atoms with E-state index in [4.69, 9.17) is 23.4 Å². The Bertz CT molecular complexity index is 1280. The Kier molecular flexibility index (Phi) is 6.74. The van der Waals surface area contributed by atoms with Crippen LogP contribution in [0.15, 0.2) is 39.5 Å². The lowest BCUT2D eigenvalue weighted by atomic mass is 9.99. The first-order valence-corrected chi connectivity index (χ1v) is 10.4. The van der Waals surface area contributed by atoms with E-state index < -0.39 is 48.5 Å². The van der Waals surface area contributed by atoms with Gasteiger partial charge in [0.05, 0.1) is 20.8 Å². The van der Waals surface area contributed by atoms with Crippen molar-refractivity contribution in [1.29, 1.82) is 0 Å². The van der Waals surface area contributed by atoms with Crippen molar-refractivity contribution in [2.24, 2.45) is 0 Å². The quantitative estimate of drug-likeness (QED) is 0.272. The van der Waals surface area contributed by atoms with E-state index in [2.05, 4.69) is 0 Å². The fourth-order valence-electron chi connectivity index (χ4n) is 3.84. The molecule has 0 amide bonds. The minimum Gasteiger partial charge on any atom is -0.507 e. The number of aliphatic hydroxyl groups is 4. The molecule has 0 spiro atoms. The largest absolute Gasteiger partial charge is 0.507 e. The van der Waals surface area contributed by atoms with E-state index in [-0.39, 0.29) is 45.3 Å². The molecule has 1 aliphatic heterocycles. The summed E-state index contributed by atoms with van der Waals surface area (Å²) >= 11 is 0. The van der Waals surface area contributed by atoms with E-state index in [1.807, 2.05) is 0 Å². The van der Waals surface area contributed by atoms with Crippen LogP contribution in [0.3, 0.4) is 0 Å². The molecule has 6 N–H and O–H groups in total. The van der Waals surface area contributed by atoms with Crippen molar-refractivity contribution < 1.29 is 54.0 Å². The minimum atomic E-state index is -1.68. The van der Waals surface area contributed by atoms with E-state index in [1.54, 1.807) is 0 Å². The summed E-state index contributed by atoms with van der Waals surface area (Å²) < 4.78 is 26.9. The number of rotatable bonds is 6. The zero-order valence-corrected chi connectivity index (χ0v) is 18.6. The van der Waals surface area contributed by atoms with Crippen LogP contribution in [0.4, 0.5) is 0 Å². The van der Waals surface area contributed by atoms with Crippen LogP contribution in [0.5, 0.6) is 28.7 Å². The Morgan fingerprint density at radius 3 is 2.31 bits per heavy atom. The third kappa shape index (κ3) is 4.45. The van der Waals surface area contributed by atoms with E-state index in [0.29, 0.717) is 0 Å². The van der Waals surface area contributed by atoms with Crippen molar-refractivity contribution in [1.82, 2.24) is 0 Å². The molecule has 12 heteroatoms. The zero-order valence-electron chi connectivity index (χ0n) is 18.6. The second kappa shape index (κ2) is 9.60. The first-order chi connectivity index (χ1) is 16.7. The highest BCUT2D eigenvalue weighted by Gasteiger charge is 2.44. The van der Waals surface area contributed by atoms with Crippen LogP contribution >= 0.6 is 0 Å². The average molecular weight is 492 g/mol. The Labute approximate surface area is 197 Å². The summed E-state index contributed by atoms with van der Waals surface area (Å²) in [5, 5.41) is 59.9. The Balaban J connectivity index is 1.74. The molecule has 2 aromatic carbocycles. The molecule has 1 aliphatic rings. The van der Waals surface area contributed by atoms with Crippen molar-refractivity contribution in [3.8, 4) is 40.1 Å². The lowest BCUT2D eigenvalue weighted by molar-refractivity contribution is -0.277. The number of aliphatic hydroxyl groups excluding tert-OH is 4. The van der Waals surface area contributed by atoms with Crippen molar-refractivity contribution in [2.75, 3.05) is 20.8 Å². The first-order valence-electron chi connectivity index (χ1n) is 10.4. The van der Waals surface area contributed by atoms with Gasteiger partial charge in [0.15, 0.2) is 16.9 Å². The van der Waals surface area contributed by atoms with Crippen LogP contribution in [0, 0.1) is 0 Å². The topological polar surface area (TPSA) is 189 Å². The summed E-state index contributed by atoms with van der Waals surface area (Å²) in [6.45, 7) is -0.649. The predicted octanol–water partition coefficient (Wildman–Crippen LogP) is 0.0671. The maximum Gasteiger partial charge on any atom is 0.229 e. The second-order valence-corrected chi connectivity index (χ2v) is 7.84. The van der Waals surface area contributed by atoms with Gasteiger partial charge in [-0.3, -0.25) is 4.79 Å². The molecule has 0 saturated carbocycles. The smallest absolute Gasteiger partial charge is 0.229 e. The minimum absolute atomic E-state index is 0.0307. The lowest BCUT2D eigenvalue weighted by Crippen LogP contribution is -2.60. The molecular weight excluding hydrogens is 468 g/mol. The molecule has 188 valence electrons. The molecule has 2 heterocycles.